The fraction of sp³-hybridized carbons (Fsp3) is 0.412. The van der Waals surface area contributed by atoms with Crippen molar-refractivity contribution in [3.05, 3.63) is 29.3 Å². The number of hydrogen-bond acceptors (Lipinski definition) is 6. The van der Waals surface area contributed by atoms with E-state index in [1.807, 2.05) is 24.3 Å². The molecule has 0 spiro atoms. The van der Waals surface area contributed by atoms with Gasteiger partial charge in [-0.3, -0.25) is 14.6 Å². The van der Waals surface area contributed by atoms with Crippen LogP contribution >= 0.6 is 11.3 Å². The molecule has 0 bridgehead atoms. The van der Waals surface area contributed by atoms with Crippen molar-refractivity contribution in [2.45, 2.75) is 31.3 Å². The Bertz CT molecular complexity index is 793. The van der Waals surface area contributed by atoms with Crippen LogP contribution in [0.4, 0.5) is 0 Å². The molecule has 138 valence electrons. The number of aliphatic imine (C=N–C) groups is 1. The summed E-state index contributed by atoms with van der Waals surface area (Å²) in [6.45, 7) is 1.22. The Hall–Kier alpha value is -2.52. The van der Waals surface area contributed by atoms with Crippen molar-refractivity contribution in [2.24, 2.45) is 16.5 Å². The maximum absolute atomic E-state index is 12.9. The lowest BCUT2D eigenvalue weighted by Crippen LogP contribution is -2.56. The van der Waals surface area contributed by atoms with Gasteiger partial charge in [-0.2, -0.15) is 0 Å². The van der Waals surface area contributed by atoms with Gasteiger partial charge in [0, 0.05) is 6.54 Å². The van der Waals surface area contributed by atoms with Gasteiger partial charge in [0.2, 0.25) is 11.7 Å². The number of benzene rings is 1. The average molecular weight is 374 g/mol. The normalized spacial score (nSPS) is 17.3. The molecule has 1 aromatic heterocycles. The quantitative estimate of drug-likeness (QED) is 0.228. The maximum Gasteiger partial charge on any atom is 0.237 e. The van der Waals surface area contributed by atoms with Gasteiger partial charge < -0.3 is 22.1 Å². The summed E-state index contributed by atoms with van der Waals surface area (Å²) in [4.78, 5) is 33.5. The van der Waals surface area contributed by atoms with E-state index in [9.17, 15) is 9.59 Å². The van der Waals surface area contributed by atoms with Gasteiger partial charge in [0.15, 0.2) is 11.0 Å². The predicted molar refractivity (Wildman–Crippen MR) is 102 cm³/mol. The van der Waals surface area contributed by atoms with Crippen LogP contribution in [0.2, 0.25) is 0 Å². The number of carbonyl (C=O) groups excluding carboxylic acids is 2. The first-order chi connectivity index (χ1) is 12.5. The van der Waals surface area contributed by atoms with Crippen LogP contribution in [0.1, 0.15) is 29.1 Å². The molecule has 2 unspecified atom stereocenters. The van der Waals surface area contributed by atoms with E-state index in [4.69, 9.17) is 11.5 Å². The van der Waals surface area contributed by atoms with Crippen LogP contribution in [0, 0.1) is 0 Å². The highest BCUT2D eigenvalue weighted by Gasteiger charge is 2.30. The maximum atomic E-state index is 12.9. The molecular formula is C17H22N6O2S. The zero-order valence-corrected chi connectivity index (χ0v) is 15.1. The SMILES string of the molecule is NC(N)=NCCCC(NC(=O)C1CCN1)C(=O)c1nc2ccccc2s1. The number of thiazole rings is 1. The van der Waals surface area contributed by atoms with Crippen LogP contribution < -0.4 is 22.1 Å². The fourth-order valence-corrected chi connectivity index (χ4v) is 3.64. The number of hydrogen-bond donors (Lipinski definition) is 4. The van der Waals surface area contributed by atoms with Crippen molar-refractivity contribution in [1.29, 1.82) is 0 Å². The van der Waals surface area contributed by atoms with Gasteiger partial charge >= 0.3 is 0 Å². The van der Waals surface area contributed by atoms with Gasteiger partial charge in [0.1, 0.15) is 0 Å². The molecule has 1 saturated heterocycles. The summed E-state index contributed by atoms with van der Waals surface area (Å²) in [5.74, 6) is -0.317. The van der Waals surface area contributed by atoms with Crippen LogP contribution in [0.15, 0.2) is 29.3 Å². The van der Waals surface area contributed by atoms with Crippen LogP contribution in [0.3, 0.4) is 0 Å². The third-order valence-corrected chi connectivity index (χ3v) is 5.27. The molecule has 9 heteroatoms. The lowest BCUT2D eigenvalue weighted by molar-refractivity contribution is -0.125. The Labute approximate surface area is 155 Å². The van der Waals surface area contributed by atoms with E-state index < -0.39 is 6.04 Å². The highest BCUT2D eigenvalue weighted by molar-refractivity contribution is 7.20. The molecule has 1 aliphatic heterocycles. The molecule has 26 heavy (non-hydrogen) atoms. The number of para-hydroxylation sites is 1. The molecule has 1 fully saturated rings. The molecule has 1 aromatic carbocycles. The molecule has 2 heterocycles. The van der Waals surface area contributed by atoms with E-state index in [1.54, 1.807) is 0 Å². The summed E-state index contributed by atoms with van der Waals surface area (Å²) in [6.07, 6.45) is 1.81. The van der Waals surface area contributed by atoms with Crippen molar-refractivity contribution >= 4 is 39.2 Å². The first kappa shape index (κ1) is 18.3. The van der Waals surface area contributed by atoms with Gasteiger partial charge in [0.05, 0.1) is 22.3 Å². The van der Waals surface area contributed by atoms with Gasteiger partial charge in [-0.05, 0) is 37.9 Å². The summed E-state index contributed by atoms with van der Waals surface area (Å²) in [7, 11) is 0. The van der Waals surface area contributed by atoms with Gasteiger partial charge in [-0.15, -0.1) is 11.3 Å². The number of nitrogens with one attached hydrogen (secondary N) is 2. The fourth-order valence-electron chi connectivity index (χ4n) is 2.68. The topological polar surface area (TPSA) is 135 Å². The van der Waals surface area contributed by atoms with Crippen molar-refractivity contribution in [2.75, 3.05) is 13.1 Å². The average Bonchev–Trinajstić information content (AvgIpc) is 2.99. The summed E-state index contributed by atoms with van der Waals surface area (Å²) in [6, 6.07) is 6.72. The third-order valence-electron chi connectivity index (χ3n) is 4.22. The second-order valence-electron chi connectivity index (χ2n) is 6.16. The molecule has 3 rings (SSSR count). The minimum Gasteiger partial charge on any atom is -0.370 e. The largest absolute Gasteiger partial charge is 0.370 e. The van der Waals surface area contributed by atoms with E-state index in [0.29, 0.717) is 24.4 Å². The van der Waals surface area contributed by atoms with Crippen LogP contribution in [-0.4, -0.2) is 47.8 Å². The molecule has 0 saturated carbocycles. The zero-order chi connectivity index (χ0) is 18.5. The van der Waals surface area contributed by atoms with E-state index in [0.717, 1.165) is 23.2 Å². The van der Waals surface area contributed by atoms with Crippen LogP contribution in [0.25, 0.3) is 10.2 Å². The molecular weight excluding hydrogens is 352 g/mol. The van der Waals surface area contributed by atoms with Crippen molar-refractivity contribution in [1.82, 2.24) is 15.6 Å². The third kappa shape index (κ3) is 4.36. The predicted octanol–water partition coefficient (Wildman–Crippen LogP) is 0.379. The highest BCUT2D eigenvalue weighted by atomic mass is 32.1. The van der Waals surface area contributed by atoms with E-state index >= 15 is 0 Å². The molecule has 1 aliphatic rings. The number of amides is 1. The number of guanidine groups is 1. The Kier molecular flexibility index (Phi) is 5.79. The van der Waals surface area contributed by atoms with Crippen molar-refractivity contribution in [3.8, 4) is 0 Å². The minimum absolute atomic E-state index is 0.0155. The summed E-state index contributed by atoms with van der Waals surface area (Å²) in [5.41, 5.74) is 11.4. The lowest BCUT2D eigenvalue weighted by Gasteiger charge is -2.28. The number of aromatic nitrogens is 1. The first-order valence-electron chi connectivity index (χ1n) is 8.53. The lowest BCUT2D eigenvalue weighted by atomic mass is 10.0. The number of carbonyl (C=O) groups is 2. The number of ketones is 1. The monoisotopic (exact) mass is 374 g/mol. The summed E-state index contributed by atoms with van der Waals surface area (Å²) >= 11 is 1.34. The summed E-state index contributed by atoms with van der Waals surface area (Å²) < 4.78 is 0.946. The first-order valence-corrected chi connectivity index (χ1v) is 9.35. The smallest absolute Gasteiger partial charge is 0.237 e. The zero-order valence-electron chi connectivity index (χ0n) is 14.3. The number of nitrogens with zero attached hydrogens (tertiary/aromatic N) is 2. The Balaban J connectivity index is 1.72. The Morgan fingerprint density at radius 2 is 2.15 bits per heavy atom. The van der Waals surface area contributed by atoms with Crippen molar-refractivity contribution < 1.29 is 9.59 Å². The molecule has 8 nitrogen and oxygen atoms in total. The van der Waals surface area contributed by atoms with Crippen LogP contribution in [0.5, 0.6) is 0 Å². The molecule has 1 amide bonds. The molecule has 0 aliphatic carbocycles. The molecule has 6 N–H and O–H groups in total. The summed E-state index contributed by atoms with van der Waals surface area (Å²) in [5, 5.41) is 6.30. The number of rotatable bonds is 8. The van der Waals surface area contributed by atoms with Gasteiger partial charge in [-0.1, -0.05) is 12.1 Å². The van der Waals surface area contributed by atoms with Crippen molar-refractivity contribution in [3.63, 3.8) is 0 Å². The minimum atomic E-state index is -0.639. The van der Waals surface area contributed by atoms with Gasteiger partial charge in [0.25, 0.3) is 0 Å². The van der Waals surface area contributed by atoms with E-state index in [2.05, 4.69) is 20.6 Å². The van der Waals surface area contributed by atoms with E-state index in [-0.39, 0.29) is 23.7 Å². The van der Waals surface area contributed by atoms with E-state index in [1.165, 1.54) is 11.3 Å². The number of fused-ring (bicyclic) bond motifs is 1. The second-order valence-corrected chi connectivity index (χ2v) is 7.19. The molecule has 2 aromatic rings. The second kappa shape index (κ2) is 8.24. The highest BCUT2D eigenvalue weighted by Crippen LogP contribution is 2.23. The standard InChI is InChI=1S/C17H22N6O2S/c18-17(19)21-8-3-5-11(22-15(25)12-7-9-20-12)14(24)16-23-10-4-1-2-6-13(10)26-16/h1-2,4,6,11-12,20H,3,5,7-9H2,(H,22,25)(H4,18,19,21). The molecule has 2 atom stereocenters. The van der Waals surface area contributed by atoms with Crippen LogP contribution in [-0.2, 0) is 4.79 Å². The molecule has 0 radical (unpaired) electrons. The Morgan fingerprint density at radius 3 is 2.81 bits per heavy atom. The Morgan fingerprint density at radius 1 is 1.38 bits per heavy atom. The number of nitrogens with two attached hydrogens (primary N) is 2. The van der Waals surface area contributed by atoms with Gasteiger partial charge in [-0.25, -0.2) is 4.98 Å². The number of Topliss-reactive ketones (excluding diaryl/α,β-unsaturated/α-hetero) is 1.